The van der Waals surface area contributed by atoms with Crippen molar-refractivity contribution in [2.45, 2.75) is 0 Å². The van der Waals surface area contributed by atoms with E-state index in [4.69, 9.17) is 13.9 Å². The molecule has 0 saturated heterocycles. The van der Waals surface area contributed by atoms with Crippen LogP contribution >= 0.6 is 0 Å². The van der Waals surface area contributed by atoms with Gasteiger partial charge in [-0.15, -0.1) is 0 Å². The monoisotopic (exact) mass is 156 g/mol. The molecule has 1 rings (SSSR count). The number of carbonyl (C=O) groups is 1. The van der Waals surface area contributed by atoms with E-state index < -0.39 is 0 Å². The molecule has 0 spiro atoms. The first-order chi connectivity index (χ1) is 5.33. The van der Waals surface area contributed by atoms with Gasteiger partial charge in [0, 0.05) is 0 Å². The van der Waals surface area contributed by atoms with Gasteiger partial charge in [-0.05, 0) is 0 Å². The van der Waals surface area contributed by atoms with Crippen LogP contribution in [0.4, 0.5) is 0 Å². The van der Waals surface area contributed by atoms with Crippen LogP contribution in [0.2, 0.25) is 0 Å². The van der Waals surface area contributed by atoms with Gasteiger partial charge in [0.05, 0.1) is 14.2 Å². The Bertz CT molecular complexity index is 251. The summed E-state index contributed by atoms with van der Waals surface area (Å²) in [4.78, 5) is 10.3. The fourth-order valence-corrected chi connectivity index (χ4v) is 0.769. The molecule has 0 amide bonds. The molecule has 0 aromatic carbocycles. The number of rotatable bonds is 3. The van der Waals surface area contributed by atoms with Crippen LogP contribution < -0.4 is 9.47 Å². The van der Waals surface area contributed by atoms with Crippen LogP contribution in [-0.2, 0) is 0 Å². The lowest BCUT2D eigenvalue weighted by Gasteiger charge is -1.98. The highest BCUT2D eigenvalue weighted by atomic mass is 16.5. The summed E-state index contributed by atoms with van der Waals surface area (Å²) in [6, 6.07) is 0. The van der Waals surface area contributed by atoms with Crippen molar-refractivity contribution in [3.05, 3.63) is 12.0 Å². The van der Waals surface area contributed by atoms with Crippen LogP contribution in [0, 0.1) is 0 Å². The lowest BCUT2D eigenvalue weighted by Crippen LogP contribution is -1.88. The largest absolute Gasteiger partial charge is 0.490 e. The molecule has 60 valence electrons. The molecule has 0 atom stereocenters. The lowest BCUT2D eigenvalue weighted by molar-refractivity contribution is 0.109. The molecule has 1 aromatic rings. The van der Waals surface area contributed by atoms with Gasteiger partial charge in [-0.3, -0.25) is 4.79 Å². The minimum atomic E-state index is 0.143. The third-order valence-electron chi connectivity index (χ3n) is 1.27. The quantitative estimate of drug-likeness (QED) is 0.615. The maximum atomic E-state index is 10.3. The summed E-state index contributed by atoms with van der Waals surface area (Å²) >= 11 is 0. The summed E-state index contributed by atoms with van der Waals surface area (Å²) in [6.45, 7) is 0. The molecule has 0 aliphatic rings. The molecule has 0 aliphatic heterocycles. The van der Waals surface area contributed by atoms with Gasteiger partial charge in [-0.25, -0.2) is 0 Å². The van der Waals surface area contributed by atoms with E-state index in [1.165, 1.54) is 20.5 Å². The van der Waals surface area contributed by atoms with E-state index in [1.807, 2.05) is 0 Å². The number of hydrogen-bond acceptors (Lipinski definition) is 4. The highest BCUT2D eigenvalue weighted by molar-refractivity contribution is 5.77. The number of ether oxygens (including phenoxy) is 2. The molecule has 0 fully saturated rings. The van der Waals surface area contributed by atoms with Gasteiger partial charge in [0.25, 0.3) is 0 Å². The first-order valence-electron chi connectivity index (χ1n) is 2.98. The van der Waals surface area contributed by atoms with Crippen molar-refractivity contribution in [1.82, 2.24) is 0 Å². The Hall–Kier alpha value is -1.45. The van der Waals surface area contributed by atoms with E-state index in [0.717, 1.165) is 0 Å². The lowest BCUT2D eigenvalue weighted by atomic mass is 10.4. The van der Waals surface area contributed by atoms with Crippen molar-refractivity contribution in [2.24, 2.45) is 0 Å². The first-order valence-corrected chi connectivity index (χ1v) is 2.98. The van der Waals surface area contributed by atoms with Gasteiger partial charge in [-0.2, -0.15) is 0 Å². The third kappa shape index (κ3) is 1.19. The molecule has 0 aliphatic carbocycles. The predicted molar refractivity (Wildman–Crippen MR) is 37.2 cm³/mol. The van der Waals surface area contributed by atoms with E-state index in [1.54, 1.807) is 0 Å². The van der Waals surface area contributed by atoms with E-state index in [0.29, 0.717) is 17.8 Å². The zero-order valence-corrected chi connectivity index (χ0v) is 6.29. The van der Waals surface area contributed by atoms with E-state index in [2.05, 4.69) is 0 Å². The topological polar surface area (TPSA) is 48.7 Å². The fraction of sp³-hybridized carbons (Fsp3) is 0.286. The Balaban J connectivity index is 3.08. The Labute approximate surface area is 63.7 Å². The van der Waals surface area contributed by atoms with Crippen LogP contribution in [0.3, 0.4) is 0 Å². The molecular formula is C7H8O4. The van der Waals surface area contributed by atoms with Crippen molar-refractivity contribution < 1.29 is 18.7 Å². The molecule has 0 bridgehead atoms. The molecular weight excluding hydrogens is 148 g/mol. The maximum Gasteiger partial charge on any atom is 0.212 e. The van der Waals surface area contributed by atoms with Crippen molar-refractivity contribution in [3.8, 4) is 11.5 Å². The Morgan fingerprint density at radius 2 is 2.18 bits per heavy atom. The summed E-state index contributed by atoms with van der Waals surface area (Å²) in [5.41, 5.74) is 0. The zero-order chi connectivity index (χ0) is 8.27. The SMILES string of the molecule is COc1coc(C=O)c1OC. The molecule has 0 unspecified atom stereocenters. The standard InChI is InChI=1S/C7H8O4/c1-9-6-4-11-5(3-8)7(6)10-2/h3-4H,1-2H3. The van der Waals surface area contributed by atoms with E-state index in [-0.39, 0.29) is 5.76 Å². The van der Waals surface area contributed by atoms with E-state index >= 15 is 0 Å². The molecule has 11 heavy (non-hydrogen) atoms. The number of furan rings is 1. The minimum Gasteiger partial charge on any atom is -0.490 e. The normalized spacial score (nSPS) is 9.27. The van der Waals surface area contributed by atoms with Crippen LogP contribution in [0.15, 0.2) is 10.7 Å². The number of methoxy groups -OCH3 is 2. The van der Waals surface area contributed by atoms with Crippen LogP contribution in [0.25, 0.3) is 0 Å². The summed E-state index contributed by atoms with van der Waals surface area (Å²) in [7, 11) is 2.92. The second-order valence-electron chi connectivity index (χ2n) is 1.82. The second-order valence-corrected chi connectivity index (χ2v) is 1.82. The highest BCUT2D eigenvalue weighted by Crippen LogP contribution is 2.31. The molecule has 1 aromatic heterocycles. The Morgan fingerprint density at radius 3 is 2.64 bits per heavy atom. The van der Waals surface area contributed by atoms with Crippen LogP contribution in [0.1, 0.15) is 10.6 Å². The van der Waals surface area contributed by atoms with Crippen LogP contribution in [-0.4, -0.2) is 20.5 Å². The number of hydrogen-bond donors (Lipinski definition) is 0. The van der Waals surface area contributed by atoms with Gasteiger partial charge in [0.2, 0.25) is 11.5 Å². The number of carbonyl (C=O) groups excluding carboxylic acids is 1. The maximum absolute atomic E-state index is 10.3. The van der Waals surface area contributed by atoms with Crippen molar-refractivity contribution in [2.75, 3.05) is 14.2 Å². The van der Waals surface area contributed by atoms with Gasteiger partial charge in [-0.1, -0.05) is 0 Å². The summed E-state index contributed by atoms with van der Waals surface area (Å²) in [5, 5.41) is 0. The zero-order valence-electron chi connectivity index (χ0n) is 6.29. The van der Waals surface area contributed by atoms with Gasteiger partial charge >= 0.3 is 0 Å². The average molecular weight is 156 g/mol. The fourth-order valence-electron chi connectivity index (χ4n) is 0.769. The Kier molecular flexibility index (Phi) is 2.15. The predicted octanol–water partition coefficient (Wildman–Crippen LogP) is 1.11. The molecule has 1 heterocycles. The van der Waals surface area contributed by atoms with Crippen molar-refractivity contribution in [1.29, 1.82) is 0 Å². The molecule has 4 heteroatoms. The molecule has 0 saturated carbocycles. The molecule has 4 nitrogen and oxygen atoms in total. The number of aldehydes is 1. The van der Waals surface area contributed by atoms with Gasteiger partial charge < -0.3 is 13.9 Å². The summed E-state index contributed by atoms with van der Waals surface area (Å²) < 4.78 is 14.5. The molecule has 0 radical (unpaired) electrons. The average Bonchev–Trinajstić information content (AvgIpc) is 2.45. The summed E-state index contributed by atoms with van der Waals surface area (Å²) in [5.74, 6) is 0.904. The third-order valence-corrected chi connectivity index (χ3v) is 1.27. The van der Waals surface area contributed by atoms with Gasteiger partial charge in [0.1, 0.15) is 6.26 Å². The van der Waals surface area contributed by atoms with Gasteiger partial charge in [0.15, 0.2) is 12.0 Å². The van der Waals surface area contributed by atoms with E-state index in [9.17, 15) is 4.79 Å². The van der Waals surface area contributed by atoms with Crippen LogP contribution in [0.5, 0.6) is 11.5 Å². The van der Waals surface area contributed by atoms with Crippen molar-refractivity contribution >= 4 is 6.29 Å². The summed E-state index contributed by atoms with van der Waals surface area (Å²) in [6.07, 6.45) is 1.89. The Morgan fingerprint density at radius 1 is 1.45 bits per heavy atom. The first kappa shape index (κ1) is 7.65. The second kappa shape index (κ2) is 3.09. The smallest absolute Gasteiger partial charge is 0.212 e. The molecule has 0 N–H and O–H groups in total. The minimum absolute atomic E-state index is 0.143. The highest BCUT2D eigenvalue weighted by Gasteiger charge is 2.13. The van der Waals surface area contributed by atoms with Crippen molar-refractivity contribution in [3.63, 3.8) is 0 Å².